The van der Waals surface area contributed by atoms with E-state index in [2.05, 4.69) is 18.0 Å². The molecule has 1 rings (SSSR count). The van der Waals surface area contributed by atoms with Gasteiger partial charge in [0.2, 0.25) is 0 Å². The van der Waals surface area contributed by atoms with Gasteiger partial charge in [-0.2, -0.15) is 0 Å². The van der Waals surface area contributed by atoms with E-state index in [-0.39, 0.29) is 5.54 Å². The van der Waals surface area contributed by atoms with Crippen molar-refractivity contribution in [1.29, 1.82) is 0 Å². The number of rotatable bonds is 1. The van der Waals surface area contributed by atoms with Crippen LogP contribution in [0.25, 0.3) is 0 Å². The lowest BCUT2D eigenvalue weighted by molar-refractivity contribution is 0.551. The molecule has 0 aliphatic heterocycles. The van der Waals surface area contributed by atoms with E-state index in [9.17, 15) is 0 Å². The first kappa shape index (κ1) is 9.20. The SMILES string of the molecule is Cc1cc(C(C)(C)N)cnc1C. The van der Waals surface area contributed by atoms with Crippen molar-refractivity contribution in [2.24, 2.45) is 5.73 Å². The number of nitrogens with zero attached hydrogens (tertiary/aromatic N) is 1. The summed E-state index contributed by atoms with van der Waals surface area (Å²) in [6.45, 7) is 8.03. The van der Waals surface area contributed by atoms with Gasteiger partial charge in [-0.15, -0.1) is 0 Å². The second kappa shape index (κ2) is 2.87. The number of pyridine rings is 1. The van der Waals surface area contributed by atoms with Crippen molar-refractivity contribution in [3.63, 3.8) is 0 Å². The summed E-state index contributed by atoms with van der Waals surface area (Å²) in [7, 11) is 0. The highest BCUT2D eigenvalue weighted by atomic mass is 14.7. The van der Waals surface area contributed by atoms with E-state index in [0.29, 0.717) is 0 Å². The molecule has 1 aromatic heterocycles. The van der Waals surface area contributed by atoms with Crippen molar-refractivity contribution in [1.82, 2.24) is 4.98 Å². The van der Waals surface area contributed by atoms with Gasteiger partial charge in [0.05, 0.1) is 0 Å². The number of hydrogen-bond donors (Lipinski definition) is 1. The van der Waals surface area contributed by atoms with Crippen molar-refractivity contribution in [3.05, 3.63) is 29.1 Å². The number of aryl methyl sites for hydroxylation is 2. The zero-order valence-corrected chi connectivity index (χ0v) is 8.18. The summed E-state index contributed by atoms with van der Waals surface area (Å²) < 4.78 is 0. The van der Waals surface area contributed by atoms with E-state index in [1.165, 1.54) is 5.56 Å². The van der Waals surface area contributed by atoms with Gasteiger partial charge < -0.3 is 5.73 Å². The molecule has 0 atom stereocenters. The normalized spacial score (nSPS) is 11.8. The minimum atomic E-state index is -0.286. The lowest BCUT2D eigenvalue weighted by Crippen LogP contribution is -2.28. The molecule has 2 nitrogen and oxygen atoms in total. The maximum Gasteiger partial charge on any atom is 0.0402 e. The van der Waals surface area contributed by atoms with Crippen LogP contribution in [0.3, 0.4) is 0 Å². The smallest absolute Gasteiger partial charge is 0.0402 e. The number of hydrogen-bond acceptors (Lipinski definition) is 2. The Balaban J connectivity index is 3.14. The molecule has 1 aromatic rings. The Labute approximate surface area is 73.8 Å². The molecular weight excluding hydrogens is 148 g/mol. The van der Waals surface area contributed by atoms with Crippen molar-refractivity contribution in [2.45, 2.75) is 33.2 Å². The largest absolute Gasteiger partial charge is 0.322 e. The molecule has 0 fully saturated rings. The lowest BCUT2D eigenvalue weighted by atomic mass is 9.96. The average molecular weight is 164 g/mol. The van der Waals surface area contributed by atoms with Gasteiger partial charge in [0.25, 0.3) is 0 Å². The van der Waals surface area contributed by atoms with E-state index in [1.807, 2.05) is 27.0 Å². The first-order chi connectivity index (χ1) is 5.41. The Hall–Kier alpha value is -0.890. The highest BCUT2D eigenvalue weighted by molar-refractivity contribution is 5.27. The molecule has 2 N–H and O–H groups in total. The van der Waals surface area contributed by atoms with E-state index in [1.54, 1.807) is 0 Å². The van der Waals surface area contributed by atoms with Gasteiger partial charge in [-0.05, 0) is 38.8 Å². The van der Waals surface area contributed by atoms with Gasteiger partial charge in [-0.25, -0.2) is 0 Å². The Morgan fingerprint density at radius 2 is 1.92 bits per heavy atom. The van der Waals surface area contributed by atoms with E-state index < -0.39 is 0 Å². The van der Waals surface area contributed by atoms with Crippen LogP contribution in [0.4, 0.5) is 0 Å². The highest BCUT2D eigenvalue weighted by Gasteiger charge is 2.14. The van der Waals surface area contributed by atoms with Gasteiger partial charge in [0, 0.05) is 17.4 Å². The predicted octanol–water partition coefficient (Wildman–Crippen LogP) is 1.89. The first-order valence-corrected chi connectivity index (χ1v) is 4.14. The third-order valence-corrected chi connectivity index (χ3v) is 2.08. The molecule has 66 valence electrons. The van der Waals surface area contributed by atoms with Crippen LogP contribution in [-0.4, -0.2) is 4.98 Å². The molecule has 1 heterocycles. The van der Waals surface area contributed by atoms with Crippen molar-refractivity contribution < 1.29 is 0 Å². The fourth-order valence-corrected chi connectivity index (χ4v) is 0.996. The highest BCUT2D eigenvalue weighted by Crippen LogP contribution is 2.17. The molecular formula is C10H16N2. The molecule has 0 aliphatic carbocycles. The molecule has 0 unspecified atom stereocenters. The fourth-order valence-electron chi connectivity index (χ4n) is 0.996. The maximum absolute atomic E-state index is 5.94. The van der Waals surface area contributed by atoms with Gasteiger partial charge in [-0.1, -0.05) is 6.07 Å². The second-order valence-corrected chi connectivity index (χ2v) is 3.85. The quantitative estimate of drug-likeness (QED) is 0.688. The van der Waals surface area contributed by atoms with Crippen LogP contribution in [0.1, 0.15) is 30.7 Å². The Bertz CT molecular complexity index is 284. The standard InChI is InChI=1S/C10H16N2/c1-7-5-9(10(3,4)11)6-12-8(7)2/h5-6H,11H2,1-4H3. The van der Waals surface area contributed by atoms with Crippen molar-refractivity contribution in [3.8, 4) is 0 Å². The Morgan fingerprint density at radius 1 is 1.33 bits per heavy atom. The summed E-state index contributed by atoms with van der Waals surface area (Å²) in [5, 5.41) is 0. The fraction of sp³-hybridized carbons (Fsp3) is 0.500. The Kier molecular flexibility index (Phi) is 2.20. The van der Waals surface area contributed by atoms with Crippen LogP contribution >= 0.6 is 0 Å². The van der Waals surface area contributed by atoms with Crippen LogP contribution in [0, 0.1) is 13.8 Å². The Morgan fingerprint density at radius 3 is 2.33 bits per heavy atom. The third-order valence-electron chi connectivity index (χ3n) is 2.08. The molecule has 0 radical (unpaired) electrons. The minimum absolute atomic E-state index is 0.286. The van der Waals surface area contributed by atoms with Crippen LogP contribution in [0.15, 0.2) is 12.3 Å². The molecule has 12 heavy (non-hydrogen) atoms. The number of nitrogens with two attached hydrogens (primary N) is 1. The van der Waals surface area contributed by atoms with Gasteiger partial charge >= 0.3 is 0 Å². The monoisotopic (exact) mass is 164 g/mol. The summed E-state index contributed by atoms with van der Waals surface area (Å²) in [4.78, 5) is 4.27. The summed E-state index contributed by atoms with van der Waals surface area (Å²) >= 11 is 0. The van der Waals surface area contributed by atoms with Crippen LogP contribution in [-0.2, 0) is 5.54 Å². The second-order valence-electron chi connectivity index (χ2n) is 3.85. The van der Waals surface area contributed by atoms with Gasteiger partial charge in [0.1, 0.15) is 0 Å². The first-order valence-electron chi connectivity index (χ1n) is 4.14. The van der Waals surface area contributed by atoms with Crippen LogP contribution in [0.5, 0.6) is 0 Å². The topological polar surface area (TPSA) is 38.9 Å². The number of aromatic nitrogens is 1. The molecule has 0 aromatic carbocycles. The molecule has 0 spiro atoms. The van der Waals surface area contributed by atoms with Gasteiger partial charge in [-0.3, -0.25) is 4.98 Å². The maximum atomic E-state index is 5.94. The summed E-state index contributed by atoms with van der Waals surface area (Å²) in [5.41, 5.74) is 9.01. The van der Waals surface area contributed by atoms with Gasteiger partial charge in [0.15, 0.2) is 0 Å². The summed E-state index contributed by atoms with van der Waals surface area (Å²) in [6, 6.07) is 2.10. The third kappa shape index (κ3) is 1.83. The average Bonchev–Trinajstić information content (AvgIpc) is 1.92. The van der Waals surface area contributed by atoms with Crippen LogP contribution in [0.2, 0.25) is 0 Å². The molecule has 0 saturated carbocycles. The van der Waals surface area contributed by atoms with E-state index >= 15 is 0 Å². The molecule has 0 amide bonds. The zero-order valence-electron chi connectivity index (χ0n) is 8.18. The molecule has 2 heteroatoms. The van der Waals surface area contributed by atoms with E-state index in [0.717, 1.165) is 11.3 Å². The summed E-state index contributed by atoms with van der Waals surface area (Å²) in [5.74, 6) is 0. The van der Waals surface area contributed by atoms with E-state index in [4.69, 9.17) is 5.73 Å². The molecule has 0 saturated heterocycles. The summed E-state index contributed by atoms with van der Waals surface area (Å²) in [6.07, 6.45) is 1.85. The zero-order chi connectivity index (χ0) is 9.35. The molecule has 0 bridgehead atoms. The molecule has 0 aliphatic rings. The lowest BCUT2D eigenvalue weighted by Gasteiger charge is -2.19. The van der Waals surface area contributed by atoms with Crippen molar-refractivity contribution in [2.75, 3.05) is 0 Å². The van der Waals surface area contributed by atoms with Crippen molar-refractivity contribution >= 4 is 0 Å². The minimum Gasteiger partial charge on any atom is -0.322 e. The van der Waals surface area contributed by atoms with Crippen LogP contribution < -0.4 is 5.73 Å². The predicted molar refractivity (Wildman–Crippen MR) is 50.9 cm³/mol.